The minimum atomic E-state index is -0.952. The van der Waals surface area contributed by atoms with E-state index < -0.39 is 5.97 Å². The second kappa shape index (κ2) is 8.93. The molecule has 1 aliphatic heterocycles. The van der Waals surface area contributed by atoms with Crippen LogP contribution < -0.4 is 0 Å². The fourth-order valence-corrected chi connectivity index (χ4v) is 3.34. The number of carbonyl (C=O) groups is 2. The fourth-order valence-electron chi connectivity index (χ4n) is 3.34. The first-order chi connectivity index (χ1) is 13.0. The largest absolute Gasteiger partial charge is 0.481 e. The van der Waals surface area contributed by atoms with E-state index in [9.17, 15) is 9.59 Å². The lowest BCUT2D eigenvalue weighted by atomic mass is 9.98. The van der Waals surface area contributed by atoms with Crippen molar-refractivity contribution in [3.63, 3.8) is 0 Å². The molecule has 3 rings (SSSR count). The predicted octanol–water partition coefficient (Wildman–Crippen LogP) is 3.79. The second-order valence-corrected chi connectivity index (χ2v) is 6.84. The molecule has 1 unspecified atom stereocenters. The van der Waals surface area contributed by atoms with Crippen molar-refractivity contribution in [1.29, 1.82) is 0 Å². The van der Waals surface area contributed by atoms with Crippen molar-refractivity contribution in [2.45, 2.75) is 25.8 Å². The van der Waals surface area contributed by atoms with Crippen LogP contribution in [0.5, 0.6) is 0 Å². The molecule has 1 N–H and O–H groups in total. The molecule has 2 aromatic rings. The summed E-state index contributed by atoms with van der Waals surface area (Å²) in [5.41, 5.74) is 3.96. The Balaban J connectivity index is 1.66. The monoisotopic (exact) mass is 367 g/mol. The lowest BCUT2D eigenvalue weighted by Crippen LogP contribution is -2.37. The minimum Gasteiger partial charge on any atom is -0.481 e. The number of carboxylic acid groups (broad SMARTS) is 1. The van der Waals surface area contributed by atoms with Crippen LogP contribution in [0.15, 0.2) is 48.5 Å². The molecular weight excluding hydrogens is 342 g/mol. The van der Waals surface area contributed by atoms with Crippen molar-refractivity contribution in [2.24, 2.45) is 0 Å². The molecule has 2 aromatic carbocycles. The lowest BCUT2D eigenvalue weighted by Gasteiger charge is -2.32. The number of morpholine rings is 1. The van der Waals surface area contributed by atoms with Crippen molar-refractivity contribution in [2.75, 3.05) is 26.3 Å². The van der Waals surface area contributed by atoms with Crippen molar-refractivity contribution in [3.8, 4) is 11.1 Å². The molecule has 1 saturated heterocycles. The smallest absolute Gasteiger partial charge is 0.303 e. The Hall–Kier alpha value is -2.50. The highest BCUT2D eigenvalue weighted by Crippen LogP contribution is 2.26. The summed E-state index contributed by atoms with van der Waals surface area (Å²) in [7, 11) is 0. The fraction of sp³-hybridized carbons (Fsp3) is 0.364. The number of hydrogen-bond acceptors (Lipinski definition) is 4. The molecule has 142 valence electrons. The molecule has 5 nitrogen and oxygen atoms in total. The Morgan fingerprint density at radius 3 is 2.07 bits per heavy atom. The summed E-state index contributed by atoms with van der Waals surface area (Å²) >= 11 is 0. The van der Waals surface area contributed by atoms with Gasteiger partial charge in [0.15, 0.2) is 5.78 Å². The second-order valence-electron chi connectivity index (χ2n) is 6.84. The minimum absolute atomic E-state index is 0.0306. The Kier molecular flexibility index (Phi) is 6.37. The summed E-state index contributed by atoms with van der Waals surface area (Å²) < 4.78 is 5.42. The Morgan fingerprint density at radius 1 is 0.963 bits per heavy atom. The zero-order valence-electron chi connectivity index (χ0n) is 15.6. The van der Waals surface area contributed by atoms with E-state index in [2.05, 4.69) is 36.1 Å². The van der Waals surface area contributed by atoms with Crippen LogP contribution in [-0.4, -0.2) is 48.1 Å². The predicted molar refractivity (Wildman–Crippen MR) is 104 cm³/mol. The highest BCUT2D eigenvalue weighted by atomic mass is 16.5. The number of carboxylic acids is 1. The van der Waals surface area contributed by atoms with Gasteiger partial charge >= 0.3 is 5.97 Å². The molecule has 0 aliphatic carbocycles. The van der Waals surface area contributed by atoms with Gasteiger partial charge in [0, 0.05) is 31.1 Å². The lowest BCUT2D eigenvalue weighted by molar-refractivity contribution is -0.136. The maximum absolute atomic E-state index is 12.0. The van der Waals surface area contributed by atoms with Gasteiger partial charge in [0.25, 0.3) is 0 Å². The number of ketones is 1. The Labute approximate surface area is 159 Å². The van der Waals surface area contributed by atoms with E-state index in [1.165, 1.54) is 5.56 Å². The van der Waals surface area contributed by atoms with E-state index in [4.69, 9.17) is 9.84 Å². The number of rotatable bonds is 7. The van der Waals surface area contributed by atoms with Crippen LogP contribution >= 0.6 is 0 Å². The normalized spacial score (nSPS) is 16.0. The number of carbonyl (C=O) groups excluding carboxylic acids is 1. The van der Waals surface area contributed by atoms with Crippen LogP contribution in [0.2, 0.25) is 0 Å². The topological polar surface area (TPSA) is 66.8 Å². The number of Topliss-reactive ketones (excluding diaryl/α,β-unsaturated/α-hetero) is 1. The van der Waals surface area contributed by atoms with E-state index in [0.717, 1.165) is 37.4 Å². The van der Waals surface area contributed by atoms with E-state index in [0.29, 0.717) is 11.6 Å². The molecule has 0 spiro atoms. The molecule has 0 saturated carbocycles. The van der Waals surface area contributed by atoms with E-state index in [1.807, 2.05) is 12.1 Å². The van der Waals surface area contributed by atoms with Gasteiger partial charge in [-0.1, -0.05) is 48.5 Å². The Bertz CT molecular complexity index is 777. The van der Waals surface area contributed by atoms with Crippen LogP contribution in [0.25, 0.3) is 11.1 Å². The van der Waals surface area contributed by atoms with Crippen LogP contribution in [0.1, 0.15) is 41.7 Å². The first-order valence-corrected chi connectivity index (χ1v) is 9.32. The van der Waals surface area contributed by atoms with Gasteiger partial charge in [0.1, 0.15) is 0 Å². The highest BCUT2D eigenvalue weighted by Gasteiger charge is 2.18. The van der Waals surface area contributed by atoms with Gasteiger partial charge < -0.3 is 9.84 Å². The number of benzene rings is 2. The Morgan fingerprint density at radius 2 is 1.52 bits per heavy atom. The summed E-state index contributed by atoms with van der Waals surface area (Å²) in [6.07, 6.45) is -0.105. The van der Waals surface area contributed by atoms with Crippen molar-refractivity contribution in [3.05, 3.63) is 59.7 Å². The molecule has 0 amide bonds. The van der Waals surface area contributed by atoms with Gasteiger partial charge in [-0.3, -0.25) is 14.5 Å². The van der Waals surface area contributed by atoms with E-state index in [1.54, 1.807) is 12.1 Å². The maximum atomic E-state index is 12.0. The zero-order valence-corrected chi connectivity index (χ0v) is 15.6. The number of hydrogen-bond donors (Lipinski definition) is 1. The van der Waals surface area contributed by atoms with Gasteiger partial charge in [-0.25, -0.2) is 0 Å². The molecular formula is C22H25NO4. The first-order valence-electron chi connectivity index (χ1n) is 9.32. The number of nitrogens with zero attached hydrogens (tertiary/aromatic N) is 1. The van der Waals surface area contributed by atoms with Gasteiger partial charge in [0.2, 0.25) is 0 Å². The SMILES string of the molecule is CC(c1ccc(-c2ccc(C(=O)CCC(=O)O)cc2)cc1)N1CCOCC1. The maximum Gasteiger partial charge on any atom is 0.303 e. The molecule has 1 atom stereocenters. The number of ether oxygens (including phenoxy) is 1. The average molecular weight is 367 g/mol. The molecule has 0 bridgehead atoms. The standard InChI is InChI=1S/C22H25NO4/c1-16(23-12-14-27-15-13-23)17-2-4-18(5-3-17)19-6-8-20(9-7-19)21(24)10-11-22(25)26/h2-9,16H,10-15H2,1H3,(H,25,26). The molecule has 0 aromatic heterocycles. The van der Waals surface area contributed by atoms with Crippen molar-refractivity contribution >= 4 is 11.8 Å². The number of aliphatic carboxylic acids is 1. The van der Waals surface area contributed by atoms with E-state index >= 15 is 0 Å². The molecule has 27 heavy (non-hydrogen) atoms. The van der Waals surface area contributed by atoms with Crippen molar-refractivity contribution in [1.82, 2.24) is 4.90 Å². The van der Waals surface area contributed by atoms with Crippen LogP contribution in [0.4, 0.5) is 0 Å². The quantitative estimate of drug-likeness (QED) is 0.754. The van der Waals surface area contributed by atoms with Gasteiger partial charge in [0.05, 0.1) is 19.6 Å². The summed E-state index contributed by atoms with van der Waals surface area (Å²) in [6, 6.07) is 16.2. The van der Waals surface area contributed by atoms with Gasteiger partial charge in [-0.05, 0) is 23.6 Å². The van der Waals surface area contributed by atoms with Crippen LogP contribution in [0, 0.1) is 0 Å². The molecule has 1 heterocycles. The zero-order chi connectivity index (χ0) is 19.2. The summed E-state index contributed by atoms with van der Waals surface area (Å²) in [5, 5.41) is 8.69. The van der Waals surface area contributed by atoms with Gasteiger partial charge in [-0.15, -0.1) is 0 Å². The summed E-state index contributed by atoms with van der Waals surface area (Å²) in [5.74, 6) is -1.09. The third kappa shape index (κ3) is 5.02. The third-order valence-corrected chi connectivity index (χ3v) is 5.09. The molecule has 0 radical (unpaired) electrons. The van der Waals surface area contributed by atoms with Crippen LogP contribution in [0.3, 0.4) is 0 Å². The summed E-state index contributed by atoms with van der Waals surface area (Å²) in [6.45, 7) is 5.72. The van der Waals surface area contributed by atoms with Crippen molar-refractivity contribution < 1.29 is 19.4 Å². The molecule has 5 heteroatoms. The van der Waals surface area contributed by atoms with Gasteiger partial charge in [-0.2, -0.15) is 0 Å². The molecule has 1 aliphatic rings. The first kappa shape index (κ1) is 19.3. The molecule has 1 fully saturated rings. The summed E-state index contributed by atoms with van der Waals surface area (Å²) in [4.78, 5) is 25.0. The van der Waals surface area contributed by atoms with E-state index in [-0.39, 0.29) is 18.6 Å². The third-order valence-electron chi connectivity index (χ3n) is 5.09. The highest BCUT2D eigenvalue weighted by molar-refractivity contribution is 5.97. The average Bonchev–Trinajstić information content (AvgIpc) is 2.72. The van der Waals surface area contributed by atoms with Crippen LogP contribution in [-0.2, 0) is 9.53 Å².